The van der Waals surface area contributed by atoms with Gasteiger partial charge in [-0.3, -0.25) is 0 Å². The molecule has 2 aromatic carbocycles. The number of nitrogens with two attached hydrogens (primary N) is 1. The Morgan fingerprint density at radius 1 is 1.10 bits per heavy atom. The number of hydrogen-bond acceptors (Lipinski definition) is 3. The summed E-state index contributed by atoms with van der Waals surface area (Å²) in [6, 6.07) is 17.3. The SMILES string of the molecule is NC(=N\O)/C(=C\c1ccccc1)c1nc2ccccc2[nH]1. The van der Waals surface area contributed by atoms with E-state index in [1.54, 1.807) is 0 Å². The summed E-state index contributed by atoms with van der Waals surface area (Å²) >= 11 is 0. The molecule has 104 valence electrons. The molecule has 0 unspecified atom stereocenters. The molecule has 0 radical (unpaired) electrons. The van der Waals surface area contributed by atoms with Gasteiger partial charge in [0.25, 0.3) is 0 Å². The molecule has 0 bridgehead atoms. The Kier molecular flexibility index (Phi) is 3.39. The van der Waals surface area contributed by atoms with Crippen molar-refractivity contribution in [2.45, 2.75) is 0 Å². The number of benzene rings is 2. The van der Waals surface area contributed by atoms with Gasteiger partial charge in [0.15, 0.2) is 5.84 Å². The highest BCUT2D eigenvalue weighted by Crippen LogP contribution is 2.19. The minimum Gasteiger partial charge on any atom is -0.409 e. The van der Waals surface area contributed by atoms with Crippen LogP contribution in [0, 0.1) is 0 Å². The summed E-state index contributed by atoms with van der Waals surface area (Å²) in [6.07, 6.45) is 1.83. The average molecular weight is 278 g/mol. The van der Waals surface area contributed by atoms with Crippen LogP contribution in [0.5, 0.6) is 0 Å². The fourth-order valence-electron chi connectivity index (χ4n) is 2.11. The van der Waals surface area contributed by atoms with Crippen LogP contribution in [-0.2, 0) is 0 Å². The minimum atomic E-state index is 0.0120. The van der Waals surface area contributed by atoms with Gasteiger partial charge in [0.1, 0.15) is 5.82 Å². The van der Waals surface area contributed by atoms with E-state index in [2.05, 4.69) is 15.1 Å². The van der Waals surface area contributed by atoms with Crippen LogP contribution in [0.3, 0.4) is 0 Å². The van der Waals surface area contributed by atoms with Gasteiger partial charge in [-0.15, -0.1) is 0 Å². The van der Waals surface area contributed by atoms with E-state index in [0.29, 0.717) is 11.4 Å². The van der Waals surface area contributed by atoms with Gasteiger partial charge in [-0.2, -0.15) is 0 Å². The van der Waals surface area contributed by atoms with E-state index in [9.17, 15) is 0 Å². The van der Waals surface area contributed by atoms with Gasteiger partial charge in [0.05, 0.1) is 16.6 Å². The summed E-state index contributed by atoms with van der Waals surface area (Å²) in [7, 11) is 0. The molecule has 1 heterocycles. The Balaban J connectivity index is 2.14. The quantitative estimate of drug-likeness (QED) is 0.298. The van der Waals surface area contributed by atoms with E-state index in [-0.39, 0.29) is 5.84 Å². The normalized spacial score (nSPS) is 12.8. The molecule has 21 heavy (non-hydrogen) atoms. The predicted molar refractivity (Wildman–Crippen MR) is 83.8 cm³/mol. The fourth-order valence-corrected chi connectivity index (χ4v) is 2.11. The molecule has 0 spiro atoms. The highest BCUT2D eigenvalue weighted by molar-refractivity contribution is 6.25. The number of H-pyrrole nitrogens is 1. The Hall–Kier alpha value is -3.08. The second kappa shape index (κ2) is 5.50. The predicted octanol–water partition coefficient (Wildman–Crippen LogP) is 2.85. The fraction of sp³-hybridized carbons (Fsp3) is 0. The Morgan fingerprint density at radius 3 is 2.52 bits per heavy atom. The van der Waals surface area contributed by atoms with E-state index < -0.39 is 0 Å². The van der Waals surface area contributed by atoms with Gasteiger partial charge in [-0.25, -0.2) is 4.98 Å². The van der Waals surface area contributed by atoms with Crippen LogP contribution in [-0.4, -0.2) is 21.0 Å². The maximum absolute atomic E-state index is 9.00. The molecule has 0 atom stereocenters. The van der Waals surface area contributed by atoms with Crippen LogP contribution in [0.15, 0.2) is 59.8 Å². The number of nitrogens with one attached hydrogen (secondary N) is 1. The van der Waals surface area contributed by atoms with Crippen LogP contribution in [0.25, 0.3) is 22.7 Å². The maximum atomic E-state index is 9.00. The van der Waals surface area contributed by atoms with Crippen LogP contribution in [0.2, 0.25) is 0 Å². The van der Waals surface area contributed by atoms with Crippen LogP contribution in [0.4, 0.5) is 0 Å². The molecule has 5 heteroatoms. The van der Waals surface area contributed by atoms with Crippen LogP contribution < -0.4 is 5.73 Å². The lowest BCUT2D eigenvalue weighted by Crippen LogP contribution is -2.14. The zero-order chi connectivity index (χ0) is 14.7. The molecule has 3 aromatic rings. The molecule has 0 fully saturated rings. The number of amidine groups is 1. The first kappa shape index (κ1) is 12.9. The monoisotopic (exact) mass is 278 g/mol. The number of fused-ring (bicyclic) bond motifs is 1. The largest absolute Gasteiger partial charge is 0.409 e. The smallest absolute Gasteiger partial charge is 0.173 e. The summed E-state index contributed by atoms with van der Waals surface area (Å²) in [6.45, 7) is 0. The Bertz CT molecular complexity index is 785. The zero-order valence-electron chi connectivity index (χ0n) is 11.2. The van der Waals surface area contributed by atoms with Crippen molar-refractivity contribution in [2.24, 2.45) is 10.9 Å². The number of hydrogen-bond donors (Lipinski definition) is 3. The topological polar surface area (TPSA) is 87.3 Å². The van der Waals surface area contributed by atoms with E-state index in [0.717, 1.165) is 16.6 Å². The van der Waals surface area contributed by atoms with Gasteiger partial charge < -0.3 is 15.9 Å². The van der Waals surface area contributed by atoms with Crippen LogP contribution >= 0.6 is 0 Å². The minimum absolute atomic E-state index is 0.0120. The Morgan fingerprint density at radius 2 is 1.81 bits per heavy atom. The summed E-state index contributed by atoms with van der Waals surface area (Å²) in [5, 5.41) is 12.1. The molecule has 0 aliphatic carbocycles. The van der Waals surface area contributed by atoms with Crippen molar-refractivity contribution in [2.75, 3.05) is 0 Å². The highest BCUT2D eigenvalue weighted by Gasteiger charge is 2.12. The van der Waals surface area contributed by atoms with Crippen molar-refractivity contribution in [1.29, 1.82) is 0 Å². The number of nitrogens with zero attached hydrogens (tertiary/aromatic N) is 2. The molecule has 0 saturated heterocycles. The molecule has 0 aliphatic heterocycles. The van der Waals surface area contributed by atoms with Crippen molar-refractivity contribution in [1.82, 2.24) is 9.97 Å². The summed E-state index contributed by atoms with van der Waals surface area (Å²) in [5.74, 6) is 0.577. The standard InChI is InChI=1S/C16H14N4O/c17-15(20-21)12(10-11-6-2-1-3-7-11)16-18-13-8-4-5-9-14(13)19-16/h1-10,21H,(H2,17,20)(H,18,19)/b12-10+. The number of rotatable bonds is 3. The van der Waals surface area contributed by atoms with E-state index in [1.807, 2.05) is 60.7 Å². The molecule has 0 saturated carbocycles. The molecule has 4 N–H and O–H groups in total. The third-order valence-electron chi connectivity index (χ3n) is 3.14. The van der Waals surface area contributed by atoms with E-state index >= 15 is 0 Å². The number of aromatic nitrogens is 2. The molecule has 0 aliphatic rings. The molecule has 5 nitrogen and oxygen atoms in total. The van der Waals surface area contributed by atoms with Gasteiger partial charge in [0.2, 0.25) is 0 Å². The third kappa shape index (κ3) is 2.62. The van der Waals surface area contributed by atoms with E-state index in [1.165, 1.54) is 0 Å². The molecule has 1 aromatic heterocycles. The highest BCUT2D eigenvalue weighted by atomic mass is 16.4. The first-order valence-corrected chi connectivity index (χ1v) is 6.47. The second-order valence-corrected chi connectivity index (χ2v) is 4.56. The Labute approximate surface area is 121 Å². The number of aromatic amines is 1. The maximum Gasteiger partial charge on any atom is 0.173 e. The lowest BCUT2D eigenvalue weighted by Gasteiger charge is -2.02. The van der Waals surface area contributed by atoms with Crippen molar-refractivity contribution in [3.63, 3.8) is 0 Å². The lowest BCUT2D eigenvalue weighted by molar-refractivity contribution is 0.319. The van der Waals surface area contributed by atoms with Crippen molar-refractivity contribution < 1.29 is 5.21 Å². The first-order valence-electron chi connectivity index (χ1n) is 6.47. The molecule has 3 rings (SSSR count). The zero-order valence-corrected chi connectivity index (χ0v) is 11.2. The average Bonchev–Trinajstić information content (AvgIpc) is 2.96. The summed E-state index contributed by atoms with van der Waals surface area (Å²) in [5.41, 5.74) is 9.01. The van der Waals surface area contributed by atoms with Gasteiger partial charge >= 0.3 is 0 Å². The summed E-state index contributed by atoms with van der Waals surface area (Å²) < 4.78 is 0. The second-order valence-electron chi connectivity index (χ2n) is 4.56. The summed E-state index contributed by atoms with van der Waals surface area (Å²) in [4.78, 5) is 7.66. The van der Waals surface area contributed by atoms with Crippen molar-refractivity contribution >= 4 is 28.5 Å². The van der Waals surface area contributed by atoms with Gasteiger partial charge in [-0.05, 0) is 23.8 Å². The van der Waals surface area contributed by atoms with Gasteiger partial charge in [0, 0.05) is 0 Å². The van der Waals surface area contributed by atoms with Crippen LogP contribution in [0.1, 0.15) is 11.4 Å². The lowest BCUT2D eigenvalue weighted by atomic mass is 10.1. The molecule has 0 amide bonds. The van der Waals surface area contributed by atoms with Crippen molar-refractivity contribution in [3.8, 4) is 0 Å². The van der Waals surface area contributed by atoms with Crippen molar-refractivity contribution in [3.05, 3.63) is 66.0 Å². The molecular weight excluding hydrogens is 264 g/mol. The number of oxime groups is 1. The molecular formula is C16H14N4O. The number of para-hydroxylation sites is 2. The van der Waals surface area contributed by atoms with Gasteiger partial charge in [-0.1, -0.05) is 47.6 Å². The number of imidazole rings is 1. The first-order chi connectivity index (χ1) is 10.3. The third-order valence-corrected chi connectivity index (χ3v) is 3.14. The van der Waals surface area contributed by atoms with E-state index in [4.69, 9.17) is 10.9 Å².